The van der Waals surface area contributed by atoms with Crippen molar-refractivity contribution in [1.82, 2.24) is 4.98 Å². The quantitative estimate of drug-likeness (QED) is 0.689. The van der Waals surface area contributed by atoms with Crippen LogP contribution < -0.4 is 0 Å². The van der Waals surface area contributed by atoms with Gasteiger partial charge in [-0.25, -0.2) is 0 Å². The van der Waals surface area contributed by atoms with E-state index in [1.165, 1.54) is 16.6 Å². The summed E-state index contributed by atoms with van der Waals surface area (Å²) in [4.78, 5) is 4.60. The lowest BCUT2D eigenvalue weighted by atomic mass is 10.1. The highest BCUT2D eigenvalue weighted by Crippen LogP contribution is 2.15. The van der Waals surface area contributed by atoms with E-state index in [0.29, 0.717) is 0 Å². The van der Waals surface area contributed by atoms with Gasteiger partial charge in [-0.05, 0) is 30.5 Å². The molecule has 0 unspecified atom stereocenters. The average molecular weight is 245 g/mol. The van der Waals surface area contributed by atoms with Gasteiger partial charge >= 0.3 is 0 Å². The highest BCUT2D eigenvalue weighted by Gasteiger charge is 1.97. The topological polar surface area (TPSA) is 12.9 Å². The van der Waals surface area contributed by atoms with Crippen molar-refractivity contribution in [2.45, 2.75) is 54.4 Å². The van der Waals surface area contributed by atoms with E-state index in [-0.39, 0.29) is 0 Å². The van der Waals surface area contributed by atoms with Crippen LogP contribution in [0.1, 0.15) is 52.8 Å². The van der Waals surface area contributed by atoms with Crippen LogP contribution in [0.15, 0.2) is 30.3 Å². The predicted molar refractivity (Wildman–Crippen MR) is 83.2 cm³/mol. The molecule has 0 radical (unpaired) electrons. The molecule has 0 atom stereocenters. The number of hydrogen-bond acceptors (Lipinski definition) is 1. The average Bonchev–Trinajstić information content (AvgIpc) is 2.50. The van der Waals surface area contributed by atoms with Crippen LogP contribution in [0, 0.1) is 0 Å². The van der Waals surface area contributed by atoms with Crippen molar-refractivity contribution in [3.63, 3.8) is 0 Å². The number of aryl methyl sites for hydroxylation is 2. The molecule has 0 saturated carbocycles. The van der Waals surface area contributed by atoms with Crippen molar-refractivity contribution in [2.24, 2.45) is 0 Å². The monoisotopic (exact) mass is 245 g/mol. The van der Waals surface area contributed by atoms with Crippen LogP contribution in [-0.4, -0.2) is 4.98 Å². The molecule has 0 aliphatic rings. The Bertz CT molecular complexity index is 408. The lowest BCUT2D eigenvalue weighted by molar-refractivity contribution is 1.05. The molecule has 1 heteroatoms. The summed E-state index contributed by atoms with van der Waals surface area (Å²) in [5.41, 5.74) is 3.66. The van der Waals surface area contributed by atoms with Crippen LogP contribution >= 0.6 is 0 Å². The zero-order chi connectivity index (χ0) is 14.0. The summed E-state index contributed by atoms with van der Waals surface area (Å²) in [5, 5.41) is 1.24. The van der Waals surface area contributed by atoms with Crippen LogP contribution in [0.2, 0.25) is 0 Å². The molecule has 0 aliphatic heterocycles. The Hall–Kier alpha value is -1.37. The van der Waals surface area contributed by atoms with Gasteiger partial charge in [0.15, 0.2) is 0 Å². The molecule has 1 aromatic heterocycles. The molecule has 0 fully saturated rings. The van der Waals surface area contributed by atoms with Crippen molar-refractivity contribution in [2.75, 3.05) is 0 Å². The third-order valence-electron chi connectivity index (χ3n) is 2.58. The molecule has 1 aromatic carbocycles. The van der Waals surface area contributed by atoms with E-state index in [1.807, 2.05) is 27.7 Å². The minimum absolute atomic E-state index is 1.01. The van der Waals surface area contributed by atoms with Gasteiger partial charge < -0.3 is 0 Å². The molecular formula is C17H27N. The minimum atomic E-state index is 1.01. The van der Waals surface area contributed by atoms with Gasteiger partial charge in [-0.1, -0.05) is 59.7 Å². The molecule has 100 valence electrons. The maximum atomic E-state index is 4.60. The summed E-state index contributed by atoms with van der Waals surface area (Å²) >= 11 is 0. The van der Waals surface area contributed by atoms with Crippen LogP contribution in [-0.2, 0) is 12.8 Å². The largest absolute Gasteiger partial charge is 0.253 e. The standard InChI is InChI=1S/C13H15N.2C2H6/c1-3-10-5-6-11-7-8-12(4-2)14-13(11)9-10;2*1-2/h5-9H,3-4H2,1-2H3;2*1-2H3. The van der Waals surface area contributed by atoms with Crippen LogP contribution in [0.5, 0.6) is 0 Å². The highest BCUT2D eigenvalue weighted by molar-refractivity contribution is 5.79. The molecule has 0 amide bonds. The van der Waals surface area contributed by atoms with Gasteiger partial charge in [0.2, 0.25) is 0 Å². The summed E-state index contributed by atoms with van der Waals surface area (Å²) in [6, 6.07) is 10.8. The zero-order valence-corrected chi connectivity index (χ0v) is 12.7. The number of hydrogen-bond donors (Lipinski definition) is 0. The first-order valence-electron chi connectivity index (χ1n) is 7.22. The number of rotatable bonds is 2. The molecule has 1 heterocycles. The first-order valence-corrected chi connectivity index (χ1v) is 7.22. The van der Waals surface area contributed by atoms with Gasteiger partial charge in [-0.2, -0.15) is 0 Å². The van der Waals surface area contributed by atoms with E-state index < -0.39 is 0 Å². The van der Waals surface area contributed by atoms with Gasteiger partial charge in [0, 0.05) is 11.1 Å². The van der Waals surface area contributed by atoms with E-state index in [1.54, 1.807) is 0 Å². The molecule has 2 rings (SSSR count). The molecular weight excluding hydrogens is 218 g/mol. The number of aromatic nitrogens is 1. The van der Waals surface area contributed by atoms with Gasteiger partial charge in [0.1, 0.15) is 0 Å². The Balaban J connectivity index is 0.000000659. The molecule has 0 saturated heterocycles. The molecule has 0 spiro atoms. The Morgan fingerprint density at radius 1 is 0.833 bits per heavy atom. The summed E-state index contributed by atoms with van der Waals surface area (Å²) in [6.45, 7) is 12.3. The lowest BCUT2D eigenvalue weighted by Crippen LogP contribution is -1.88. The fourth-order valence-electron chi connectivity index (χ4n) is 1.62. The third kappa shape index (κ3) is 4.48. The Morgan fingerprint density at radius 3 is 2.00 bits per heavy atom. The van der Waals surface area contributed by atoms with Crippen LogP contribution in [0.3, 0.4) is 0 Å². The van der Waals surface area contributed by atoms with E-state index >= 15 is 0 Å². The van der Waals surface area contributed by atoms with Gasteiger partial charge in [-0.15, -0.1) is 0 Å². The van der Waals surface area contributed by atoms with Crippen LogP contribution in [0.4, 0.5) is 0 Å². The normalized spacial score (nSPS) is 9.00. The van der Waals surface area contributed by atoms with E-state index in [2.05, 4.69) is 49.2 Å². The number of benzene rings is 1. The van der Waals surface area contributed by atoms with Crippen molar-refractivity contribution >= 4 is 10.9 Å². The second-order valence-corrected chi connectivity index (χ2v) is 3.54. The first-order chi connectivity index (χ1) is 8.83. The summed E-state index contributed by atoms with van der Waals surface area (Å²) in [7, 11) is 0. The Morgan fingerprint density at radius 2 is 1.44 bits per heavy atom. The molecule has 2 aromatic rings. The highest BCUT2D eigenvalue weighted by atomic mass is 14.7. The maximum Gasteiger partial charge on any atom is 0.0708 e. The number of pyridine rings is 1. The lowest BCUT2D eigenvalue weighted by Gasteiger charge is -2.02. The van der Waals surface area contributed by atoms with Crippen molar-refractivity contribution in [1.29, 1.82) is 0 Å². The molecule has 18 heavy (non-hydrogen) atoms. The molecule has 0 N–H and O–H groups in total. The second kappa shape index (κ2) is 9.64. The Labute approximate surface area is 112 Å². The molecule has 0 bridgehead atoms. The molecule has 1 nitrogen and oxygen atoms in total. The summed E-state index contributed by atoms with van der Waals surface area (Å²) in [5.74, 6) is 0. The van der Waals surface area contributed by atoms with Crippen molar-refractivity contribution in [3.05, 3.63) is 41.6 Å². The smallest absolute Gasteiger partial charge is 0.0708 e. The first kappa shape index (κ1) is 16.6. The number of fused-ring (bicyclic) bond motifs is 1. The minimum Gasteiger partial charge on any atom is -0.253 e. The van der Waals surface area contributed by atoms with E-state index in [4.69, 9.17) is 0 Å². The van der Waals surface area contributed by atoms with E-state index in [0.717, 1.165) is 18.4 Å². The maximum absolute atomic E-state index is 4.60. The second-order valence-electron chi connectivity index (χ2n) is 3.54. The zero-order valence-electron chi connectivity index (χ0n) is 12.7. The summed E-state index contributed by atoms with van der Waals surface area (Å²) in [6.07, 6.45) is 2.08. The third-order valence-corrected chi connectivity index (χ3v) is 2.58. The SMILES string of the molecule is CC.CC.CCc1ccc2ccc(CC)nc2c1. The van der Waals surface area contributed by atoms with Gasteiger partial charge in [-0.3, -0.25) is 4.98 Å². The van der Waals surface area contributed by atoms with Gasteiger partial charge in [0.25, 0.3) is 0 Å². The van der Waals surface area contributed by atoms with Crippen molar-refractivity contribution in [3.8, 4) is 0 Å². The Kier molecular flexibility index (Phi) is 8.91. The predicted octanol–water partition coefficient (Wildman–Crippen LogP) is 5.41. The van der Waals surface area contributed by atoms with Crippen molar-refractivity contribution < 1.29 is 0 Å². The number of nitrogens with zero attached hydrogens (tertiary/aromatic N) is 1. The fourth-order valence-corrected chi connectivity index (χ4v) is 1.62. The van der Waals surface area contributed by atoms with Crippen LogP contribution in [0.25, 0.3) is 10.9 Å². The van der Waals surface area contributed by atoms with E-state index in [9.17, 15) is 0 Å². The molecule has 0 aliphatic carbocycles. The van der Waals surface area contributed by atoms with Gasteiger partial charge in [0.05, 0.1) is 5.52 Å². The fraction of sp³-hybridized carbons (Fsp3) is 0.471. The summed E-state index contributed by atoms with van der Waals surface area (Å²) < 4.78 is 0.